The van der Waals surface area contributed by atoms with Crippen LogP contribution in [0.25, 0.3) is 0 Å². The minimum atomic E-state index is -0.466. The van der Waals surface area contributed by atoms with Crippen LogP contribution in [0.5, 0.6) is 0 Å². The van der Waals surface area contributed by atoms with Gasteiger partial charge in [-0.2, -0.15) is 4.98 Å². The number of likely N-dealkylation sites (N-methyl/N-ethyl adjacent to an activating group) is 1. The molecule has 0 spiro atoms. The lowest BCUT2D eigenvalue weighted by Gasteiger charge is -2.24. The number of benzene rings is 1. The van der Waals surface area contributed by atoms with E-state index in [1.54, 1.807) is 18.3 Å². The number of hydrogen-bond acceptors (Lipinski definition) is 7. The Kier molecular flexibility index (Phi) is 11.3. The van der Waals surface area contributed by atoms with Crippen LogP contribution in [0.2, 0.25) is 5.02 Å². The first kappa shape index (κ1) is 27.2. The zero-order chi connectivity index (χ0) is 20.8. The average Bonchev–Trinajstić information content (AvgIpc) is 3.18. The van der Waals surface area contributed by atoms with Crippen LogP contribution in [0, 0.1) is 10.1 Å². The quantitative estimate of drug-likeness (QED) is 0.390. The molecule has 3 rings (SSSR count). The van der Waals surface area contributed by atoms with Gasteiger partial charge >= 0.3 is 0 Å². The smallest absolute Gasteiger partial charge is 0.289 e. The lowest BCUT2D eigenvalue weighted by molar-refractivity contribution is -0.384. The fraction of sp³-hybridized carbons (Fsp3) is 0.500. The fourth-order valence-corrected chi connectivity index (χ4v) is 3.73. The lowest BCUT2D eigenvalue weighted by Crippen LogP contribution is -2.32. The van der Waals surface area contributed by atoms with Crippen molar-refractivity contribution < 1.29 is 4.92 Å². The van der Waals surface area contributed by atoms with E-state index in [1.165, 1.54) is 6.07 Å². The summed E-state index contributed by atoms with van der Waals surface area (Å²) < 4.78 is 0. The molecule has 1 aliphatic rings. The Labute approximate surface area is 200 Å². The fourth-order valence-electron chi connectivity index (χ4n) is 3.54. The van der Waals surface area contributed by atoms with Gasteiger partial charge in [-0.1, -0.05) is 31.9 Å². The molecule has 1 N–H and O–H groups in total. The third-order valence-electron chi connectivity index (χ3n) is 5.05. The van der Waals surface area contributed by atoms with Crippen molar-refractivity contribution >= 4 is 59.6 Å². The molecule has 172 valence electrons. The van der Waals surface area contributed by atoms with E-state index in [9.17, 15) is 10.1 Å². The SMILES string of the molecule is CCCCN(c1ccc(Cl)c([N+](=O)[O-])c1)c1nccc(N2CC[C@H](NCC)C2)n1.Cl.Cl. The molecule has 0 saturated carbocycles. The zero-order valence-electron chi connectivity index (χ0n) is 17.7. The predicted molar refractivity (Wildman–Crippen MR) is 131 cm³/mol. The van der Waals surface area contributed by atoms with Gasteiger partial charge in [0.05, 0.1) is 10.6 Å². The molecule has 1 aromatic carbocycles. The van der Waals surface area contributed by atoms with E-state index in [4.69, 9.17) is 16.6 Å². The maximum atomic E-state index is 11.3. The second kappa shape index (κ2) is 12.9. The van der Waals surface area contributed by atoms with Crippen molar-refractivity contribution in [2.45, 2.75) is 39.2 Å². The molecule has 1 aliphatic heterocycles. The molecular weight excluding hydrogens is 463 g/mol. The summed E-state index contributed by atoms with van der Waals surface area (Å²) in [4.78, 5) is 24.3. The van der Waals surface area contributed by atoms with Crippen molar-refractivity contribution in [3.05, 3.63) is 45.6 Å². The molecule has 1 aromatic heterocycles. The third-order valence-corrected chi connectivity index (χ3v) is 5.37. The second-order valence-electron chi connectivity index (χ2n) is 7.10. The first-order valence-electron chi connectivity index (χ1n) is 10.1. The van der Waals surface area contributed by atoms with Crippen LogP contribution in [-0.2, 0) is 0 Å². The number of aromatic nitrogens is 2. The highest BCUT2D eigenvalue weighted by Crippen LogP contribution is 2.32. The summed E-state index contributed by atoms with van der Waals surface area (Å²) >= 11 is 5.99. The van der Waals surface area contributed by atoms with Crippen molar-refractivity contribution in [2.75, 3.05) is 36.0 Å². The second-order valence-corrected chi connectivity index (χ2v) is 7.51. The van der Waals surface area contributed by atoms with Crippen molar-refractivity contribution in [3.63, 3.8) is 0 Å². The summed E-state index contributed by atoms with van der Waals surface area (Å²) in [7, 11) is 0. The molecule has 0 unspecified atom stereocenters. The average molecular weight is 492 g/mol. The van der Waals surface area contributed by atoms with E-state index in [2.05, 4.69) is 29.0 Å². The first-order valence-corrected chi connectivity index (χ1v) is 10.4. The summed E-state index contributed by atoms with van der Waals surface area (Å²) in [6, 6.07) is 7.20. The van der Waals surface area contributed by atoms with Crippen molar-refractivity contribution in [2.24, 2.45) is 0 Å². The van der Waals surface area contributed by atoms with Crippen LogP contribution in [0.1, 0.15) is 33.1 Å². The summed E-state index contributed by atoms with van der Waals surface area (Å²) in [5.41, 5.74) is 0.550. The number of halogens is 3. The van der Waals surface area contributed by atoms with Gasteiger partial charge in [0.2, 0.25) is 5.95 Å². The number of nitro groups is 1. The van der Waals surface area contributed by atoms with Crippen molar-refractivity contribution in [1.82, 2.24) is 15.3 Å². The monoisotopic (exact) mass is 490 g/mol. The number of rotatable bonds is 9. The number of unbranched alkanes of at least 4 members (excludes halogenated alkanes) is 1. The van der Waals surface area contributed by atoms with Crippen LogP contribution in [0.4, 0.5) is 23.1 Å². The van der Waals surface area contributed by atoms with Crippen LogP contribution in [-0.4, -0.2) is 47.1 Å². The Bertz CT molecular complexity index is 857. The number of anilines is 3. The van der Waals surface area contributed by atoms with E-state index in [-0.39, 0.29) is 35.5 Å². The Hall–Kier alpha value is -1.87. The van der Waals surface area contributed by atoms with Crippen molar-refractivity contribution in [3.8, 4) is 0 Å². The zero-order valence-corrected chi connectivity index (χ0v) is 20.0. The van der Waals surface area contributed by atoms with Gasteiger partial charge in [0.1, 0.15) is 10.8 Å². The molecule has 1 atom stereocenters. The van der Waals surface area contributed by atoms with Crippen molar-refractivity contribution in [1.29, 1.82) is 0 Å². The Morgan fingerprint density at radius 2 is 2.10 bits per heavy atom. The Morgan fingerprint density at radius 1 is 1.32 bits per heavy atom. The minimum Gasteiger partial charge on any atom is -0.355 e. The molecule has 1 saturated heterocycles. The van der Waals surface area contributed by atoms with E-state index in [0.717, 1.165) is 44.7 Å². The maximum absolute atomic E-state index is 11.3. The van der Waals surface area contributed by atoms with E-state index in [0.29, 0.717) is 24.2 Å². The molecule has 1 fully saturated rings. The van der Waals surface area contributed by atoms with Gasteiger partial charge in [0.15, 0.2) is 0 Å². The standard InChI is InChI=1S/C20H27ClN6O2.2ClH/c1-3-5-11-26(16-6-7-17(21)18(13-16)27(28)29)20-23-10-8-19(24-20)25-12-9-15(14-25)22-4-2;;/h6-8,10,13,15,22H,3-5,9,11-12,14H2,1-2H3;2*1H/t15-;;/m0../s1. The number of nitro benzene ring substituents is 1. The molecule has 0 aliphatic carbocycles. The molecular formula is C20H29Cl3N6O2. The van der Waals surface area contributed by atoms with Gasteiger partial charge in [-0.15, -0.1) is 24.8 Å². The molecule has 0 radical (unpaired) electrons. The van der Waals surface area contributed by atoms with Crippen LogP contribution in [0.3, 0.4) is 0 Å². The van der Waals surface area contributed by atoms with Gasteiger partial charge in [-0.25, -0.2) is 4.98 Å². The molecule has 2 heterocycles. The number of hydrogen-bond donors (Lipinski definition) is 1. The van der Waals surface area contributed by atoms with E-state index >= 15 is 0 Å². The molecule has 0 amide bonds. The number of nitrogens with one attached hydrogen (secondary N) is 1. The molecule has 11 heteroatoms. The van der Waals surface area contributed by atoms with E-state index in [1.807, 2.05) is 11.0 Å². The minimum absolute atomic E-state index is 0. The largest absolute Gasteiger partial charge is 0.355 e. The van der Waals surface area contributed by atoms with Gasteiger partial charge in [-0.3, -0.25) is 10.1 Å². The van der Waals surface area contributed by atoms with Gasteiger partial charge in [-0.05, 0) is 37.6 Å². The Balaban J connectivity index is 0.00000240. The highest BCUT2D eigenvalue weighted by Gasteiger charge is 2.24. The van der Waals surface area contributed by atoms with Crippen LogP contribution < -0.4 is 15.1 Å². The number of nitrogens with zero attached hydrogens (tertiary/aromatic N) is 5. The highest BCUT2D eigenvalue weighted by atomic mass is 35.5. The lowest BCUT2D eigenvalue weighted by atomic mass is 10.2. The topological polar surface area (TPSA) is 87.4 Å². The van der Waals surface area contributed by atoms with Gasteiger partial charge < -0.3 is 15.1 Å². The summed E-state index contributed by atoms with van der Waals surface area (Å²) in [6.07, 6.45) is 4.73. The first-order chi connectivity index (χ1) is 14.0. The molecule has 2 aromatic rings. The van der Waals surface area contributed by atoms with Gasteiger partial charge in [0, 0.05) is 37.9 Å². The molecule has 31 heavy (non-hydrogen) atoms. The Morgan fingerprint density at radius 3 is 2.77 bits per heavy atom. The molecule has 8 nitrogen and oxygen atoms in total. The predicted octanol–water partition coefficient (Wildman–Crippen LogP) is 5.01. The summed E-state index contributed by atoms with van der Waals surface area (Å²) in [5.74, 6) is 1.42. The van der Waals surface area contributed by atoms with Crippen LogP contribution in [0.15, 0.2) is 30.5 Å². The van der Waals surface area contributed by atoms with Gasteiger partial charge in [0.25, 0.3) is 5.69 Å². The van der Waals surface area contributed by atoms with E-state index < -0.39 is 4.92 Å². The normalized spacial score (nSPS) is 15.2. The highest BCUT2D eigenvalue weighted by molar-refractivity contribution is 6.32. The third kappa shape index (κ3) is 6.80. The summed E-state index contributed by atoms with van der Waals surface area (Å²) in [6.45, 7) is 7.68. The molecule has 0 bridgehead atoms. The summed E-state index contributed by atoms with van der Waals surface area (Å²) in [5, 5.41) is 14.9. The maximum Gasteiger partial charge on any atom is 0.289 e. The van der Waals surface area contributed by atoms with Crippen LogP contribution >= 0.6 is 36.4 Å².